The molecule has 3 aromatic rings. The molecule has 3 heterocycles. The lowest BCUT2D eigenvalue weighted by atomic mass is 10.0. The van der Waals surface area contributed by atoms with Crippen LogP contribution in [0.15, 0.2) is 65.3 Å². The van der Waals surface area contributed by atoms with Crippen LogP contribution in [0.3, 0.4) is 0 Å². The minimum atomic E-state index is -0.331. The quantitative estimate of drug-likeness (QED) is 0.646. The van der Waals surface area contributed by atoms with Gasteiger partial charge in [0.1, 0.15) is 23.3 Å². The Hall–Kier alpha value is -3.16. The Balaban J connectivity index is 1.31. The summed E-state index contributed by atoms with van der Waals surface area (Å²) in [7, 11) is 0. The van der Waals surface area contributed by atoms with Crippen molar-refractivity contribution in [3.05, 3.63) is 88.8 Å². The third-order valence-electron chi connectivity index (χ3n) is 5.65. The number of hydrogen-bond donors (Lipinski definition) is 1. The van der Waals surface area contributed by atoms with E-state index < -0.39 is 0 Å². The SMILES string of the molecule is Cc1oc(-c2ccc(Cl)cc2)nc1CN1C=CN2NC(c3ccc(F)cc3)CC2C1=O. The van der Waals surface area contributed by atoms with E-state index in [-0.39, 0.29) is 23.8 Å². The molecular weight excluding hydrogens is 419 g/mol. The third-order valence-corrected chi connectivity index (χ3v) is 5.90. The first-order valence-corrected chi connectivity index (χ1v) is 10.4. The van der Waals surface area contributed by atoms with Crippen LogP contribution in [0.5, 0.6) is 0 Å². The lowest BCUT2D eigenvalue weighted by Gasteiger charge is -2.31. The Kier molecular flexibility index (Phi) is 5.00. The van der Waals surface area contributed by atoms with Crippen molar-refractivity contribution >= 4 is 17.5 Å². The predicted octanol–water partition coefficient (Wildman–Crippen LogP) is 4.58. The Labute approximate surface area is 183 Å². The fourth-order valence-corrected chi connectivity index (χ4v) is 4.06. The molecule has 0 aliphatic carbocycles. The monoisotopic (exact) mass is 438 g/mol. The predicted molar refractivity (Wildman–Crippen MR) is 114 cm³/mol. The van der Waals surface area contributed by atoms with Crippen LogP contribution in [0.4, 0.5) is 4.39 Å². The summed E-state index contributed by atoms with van der Waals surface area (Å²) in [5, 5.41) is 2.46. The topological polar surface area (TPSA) is 61.6 Å². The van der Waals surface area contributed by atoms with Crippen LogP contribution in [0.25, 0.3) is 11.5 Å². The number of benzene rings is 2. The van der Waals surface area contributed by atoms with Crippen molar-refractivity contribution in [2.75, 3.05) is 0 Å². The molecule has 2 atom stereocenters. The van der Waals surface area contributed by atoms with Crippen molar-refractivity contribution in [1.82, 2.24) is 20.3 Å². The van der Waals surface area contributed by atoms with Gasteiger partial charge >= 0.3 is 0 Å². The number of aromatic nitrogens is 1. The van der Waals surface area contributed by atoms with Crippen molar-refractivity contribution in [2.45, 2.75) is 32.0 Å². The number of carbonyl (C=O) groups excluding carboxylic acids is 1. The number of hydrazine groups is 1. The van der Waals surface area contributed by atoms with Crippen molar-refractivity contribution in [2.24, 2.45) is 0 Å². The first-order valence-electron chi connectivity index (χ1n) is 9.99. The molecular formula is C23H20ClFN4O2. The van der Waals surface area contributed by atoms with Crippen LogP contribution in [-0.4, -0.2) is 26.8 Å². The maximum Gasteiger partial charge on any atom is 0.251 e. The summed E-state index contributed by atoms with van der Waals surface area (Å²) >= 11 is 5.95. The van der Waals surface area contributed by atoms with Crippen LogP contribution in [0.2, 0.25) is 5.02 Å². The normalized spacial score (nSPS) is 20.4. The molecule has 1 fully saturated rings. The van der Waals surface area contributed by atoms with Gasteiger partial charge in [0, 0.05) is 23.0 Å². The summed E-state index contributed by atoms with van der Waals surface area (Å²) < 4.78 is 19.0. The van der Waals surface area contributed by atoms with E-state index in [1.54, 1.807) is 35.4 Å². The van der Waals surface area contributed by atoms with Gasteiger partial charge in [-0.05, 0) is 55.3 Å². The van der Waals surface area contributed by atoms with Crippen LogP contribution in [-0.2, 0) is 11.3 Å². The van der Waals surface area contributed by atoms with Crippen LogP contribution in [0, 0.1) is 12.7 Å². The number of rotatable bonds is 4. The maximum absolute atomic E-state index is 13.2. The fraction of sp³-hybridized carbons (Fsp3) is 0.217. The number of oxazole rings is 1. The van der Waals surface area contributed by atoms with Gasteiger partial charge in [-0.15, -0.1) is 0 Å². The number of nitrogens with one attached hydrogen (secondary N) is 1. The highest BCUT2D eigenvalue weighted by molar-refractivity contribution is 6.30. The van der Waals surface area contributed by atoms with E-state index in [4.69, 9.17) is 16.0 Å². The van der Waals surface area contributed by atoms with Crippen LogP contribution < -0.4 is 5.43 Å². The van der Waals surface area contributed by atoms with E-state index in [1.165, 1.54) is 12.1 Å². The van der Waals surface area contributed by atoms with E-state index in [0.29, 0.717) is 35.3 Å². The van der Waals surface area contributed by atoms with Crippen molar-refractivity contribution in [3.63, 3.8) is 0 Å². The standard InChI is InChI=1S/C23H20ClFN4O2/c1-14-20(26-22(31-14)16-2-6-17(24)7-3-16)13-28-10-11-29-21(23(28)30)12-19(27-29)15-4-8-18(25)9-5-15/h2-11,19,21,27H,12-13H2,1H3. The van der Waals surface area contributed by atoms with Gasteiger partial charge in [0.25, 0.3) is 5.91 Å². The highest BCUT2D eigenvalue weighted by Gasteiger charge is 2.40. The minimum absolute atomic E-state index is 0.0185. The average molecular weight is 439 g/mol. The number of halogens is 2. The first-order chi connectivity index (χ1) is 15.0. The van der Waals surface area contributed by atoms with Crippen LogP contribution in [0.1, 0.15) is 29.5 Å². The van der Waals surface area contributed by atoms with Gasteiger partial charge in [0.2, 0.25) is 5.89 Å². The summed E-state index contributed by atoms with van der Waals surface area (Å²) in [4.78, 5) is 19.4. The molecule has 2 unspecified atom stereocenters. The summed E-state index contributed by atoms with van der Waals surface area (Å²) in [6.07, 6.45) is 4.19. The van der Waals surface area contributed by atoms with Crippen molar-refractivity contribution in [1.29, 1.82) is 0 Å². The highest BCUT2D eigenvalue weighted by atomic mass is 35.5. The van der Waals surface area contributed by atoms with E-state index >= 15 is 0 Å². The third kappa shape index (κ3) is 3.82. The lowest BCUT2D eigenvalue weighted by Crippen LogP contribution is -2.47. The molecule has 158 valence electrons. The molecule has 1 saturated heterocycles. The van der Waals surface area contributed by atoms with Gasteiger partial charge in [-0.25, -0.2) is 14.8 Å². The maximum atomic E-state index is 13.2. The van der Waals surface area contributed by atoms with Crippen LogP contribution >= 0.6 is 11.6 Å². The highest BCUT2D eigenvalue weighted by Crippen LogP contribution is 2.32. The average Bonchev–Trinajstić information content (AvgIpc) is 3.36. The molecule has 2 aliphatic heterocycles. The zero-order valence-corrected chi connectivity index (χ0v) is 17.5. The largest absolute Gasteiger partial charge is 0.441 e. The molecule has 2 aliphatic rings. The number of hydrogen-bond acceptors (Lipinski definition) is 5. The second-order valence-electron chi connectivity index (χ2n) is 7.69. The van der Waals surface area contributed by atoms with Gasteiger partial charge < -0.3 is 14.3 Å². The molecule has 31 heavy (non-hydrogen) atoms. The molecule has 5 rings (SSSR count). The Morgan fingerprint density at radius 3 is 2.65 bits per heavy atom. The van der Waals surface area contributed by atoms with Gasteiger partial charge in [-0.2, -0.15) is 0 Å². The Bertz CT molecular complexity index is 1140. The lowest BCUT2D eigenvalue weighted by molar-refractivity contribution is -0.135. The molecule has 0 spiro atoms. The molecule has 0 bridgehead atoms. The van der Waals surface area contributed by atoms with E-state index in [0.717, 1.165) is 11.1 Å². The number of aryl methyl sites for hydroxylation is 1. The minimum Gasteiger partial charge on any atom is -0.441 e. The van der Waals surface area contributed by atoms with Gasteiger partial charge in [0.05, 0.1) is 12.6 Å². The summed E-state index contributed by atoms with van der Waals surface area (Å²) in [5.41, 5.74) is 5.80. The molecule has 1 N–H and O–H groups in total. The number of amides is 1. The number of fused-ring (bicyclic) bond motifs is 1. The molecule has 1 aromatic heterocycles. The molecule has 6 nitrogen and oxygen atoms in total. The first kappa shape index (κ1) is 19.8. The van der Waals surface area contributed by atoms with E-state index in [9.17, 15) is 9.18 Å². The molecule has 0 saturated carbocycles. The molecule has 1 amide bonds. The second-order valence-corrected chi connectivity index (χ2v) is 8.12. The fourth-order valence-electron chi connectivity index (χ4n) is 3.93. The van der Waals surface area contributed by atoms with Crippen molar-refractivity contribution < 1.29 is 13.6 Å². The smallest absolute Gasteiger partial charge is 0.251 e. The number of carbonyl (C=O) groups is 1. The van der Waals surface area contributed by atoms with Gasteiger partial charge in [0.15, 0.2) is 0 Å². The van der Waals surface area contributed by atoms with E-state index in [1.807, 2.05) is 30.3 Å². The Morgan fingerprint density at radius 2 is 1.90 bits per heavy atom. The summed E-state index contributed by atoms with van der Waals surface area (Å²) in [6.45, 7) is 2.16. The summed E-state index contributed by atoms with van der Waals surface area (Å²) in [5.74, 6) is 0.873. The zero-order valence-electron chi connectivity index (χ0n) is 16.8. The van der Waals surface area contributed by atoms with Gasteiger partial charge in [-0.3, -0.25) is 4.79 Å². The van der Waals surface area contributed by atoms with E-state index in [2.05, 4.69) is 10.4 Å². The molecule has 8 heteroatoms. The Morgan fingerprint density at radius 1 is 1.16 bits per heavy atom. The number of nitrogens with zero attached hydrogens (tertiary/aromatic N) is 3. The molecule has 2 aromatic carbocycles. The second kappa shape index (κ2) is 7.83. The molecule has 0 radical (unpaired) electrons. The summed E-state index contributed by atoms with van der Waals surface area (Å²) in [6, 6.07) is 13.2. The van der Waals surface area contributed by atoms with Gasteiger partial charge in [-0.1, -0.05) is 23.7 Å². The van der Waals surface area contributed by atoms with Crippen molar-refractivity contribution in [3.8, 4) is 11.5 Å². The zero-order chi connectivity index (χ0) is 21.5.